The maximum Gasteiger partial charge on any atom is 0.260 e. The molecule has 17 heavy (non-hydrogen) atoms. The highest BCUT2D eigenvalue weighted by molar-refractivity contribution is 7.89. The first kappa shape index (κ1) is 14.1. The molecular formula is C10H20N4O2S. The van der Waals surface area contributed by atoms with E-state index in [0.717, 1.165) is 13.0 Å². The zero-order valence-corrected chi connectivity index (χ0v) is 11.3. The van der Waals surface area contributed by atoms with Crippen molar-refractivity contribution in [3.05, 3.63) is 11.8 Å². The molecular weight excluding hydrogens is 240 g/mol. The molecule has 98 valence electrons. The molecule has 0 unspecified atom stereocenters. The highest BCUT2D eigenvalue weighted by atomic mass is 32.2. The van der Waals surface area contributed by atoms with Crippen LogP contribution in [0, 0.1) is 0 Å². The van der Waals surface area contributed by atoms with Crippen molar-refractivity contribution in [2.24, 2.45) is 0 Å². The van der Waals surface area contributed by atoms with Gasteiger partial charge in [0.25, 0.3) is 10.0 Å². The third kappa shape index (κ3) is 3.27. The van der Waals surface area contributed by atoms with E-state index in [-0.39, 0.29) is 5.03 Å². The van der Waals surface area contributed by atoms with Gasteiger partial charge in [-0.1, -0.05) is 13.8 Å². The van der Waals surface area contributed by atoms with Crippen molar-refractivity contribution in [3.8, 4) is 0 Å². The van der Waals surface area contributed by atoms with Crippen LogP contribution in [0.5, 0.6) is 0 Å². The molecule has 0 aliphatic carbocycles. The molecule has 1 aromatic rings. The number of sulfonamides is 1. The Hall–Kier alpha value is -0.920. The summed E-state index contributed by atoms with van der Waals surface area (Å²) >= 11 is 0. The second-order valence-corrected chi connectivity index (χ2v) is 5.80. The molecule has 2 N–H and O–H groups in total. The van der Waals surface area contributed by atoms with Gasteiger partial charge >= 0.3 is 0 Å². The predicted molar refractivity (Wildman–Crippen MR) is 66.1 cm³/mol. The summed E-state index contributed by atoms with van der Waals surface area (Å²) in [6.45, 7) is 5.65. The lowest BCUT2D eigenvalue weighted by atomic mass is 10.3. The maximum atomic E-state index is 12.1. The molecule has 1 rings (SSSR count). The number of nitrogens with zero attached hydrogens (tertiary/aromatic N) is 2. The summed E-state index contributed by atoms with van der Waals surface area (Å²) in [5.41, 5.74) is 0.679. The molecule has 0 aliphatic rings. The number of aromatic amines is 1. The standard InChI is InChI=1S/C10H20N4O2S/c1-4-6-11-7-9-8-12-13-10(9)17(15,16)14(3)5-2/h8,11H,4-7H2,1-3H3,(H,12,13). The Morgan fingerprint density at radius 3 is 2.76 bits per heavy atom. The van der Waals surface area contributed by atoms with Gasteiger partial charge < -0.3 is 5.32 Å². The van der Waals surface area contributed by atoms with E-state index < -0.39 is 10.0 Å². The Kier molecular flexibility index (Phi) is 5.10. The van der Waals surface area contributed by atoms with Crippen LogP contribution in [-0.4, -0.2) is 43.1 Å². The summed E-state index contributed by atoms with van der Waals surface area (Å²) in [5.74, 6) is 0. The first-order valence-corrected chi connectivity index (χ1v) is 7.17. The second kappa shape index (κ2) is 6.13. The van der Waals surface area contributed by atoms with E-state index >= 15 is 0 Å². The van der Waals surface area contributed by atoms with Crippen LogP contribution >= 0.6 is 0 Å². The lowest BCUT2D eigenvalue weighted by molar-refractivity contribution is 0.481. The van der Waals surface area contributed by atoms with Crippen LogP contribution in [0.1, 0.15) is 25.8 Å². The van der Waals surface area contributed by atoms with Crippen molar-refractivity contribution in [2.45, 2.75) is 31.8 Å². The fraction of sp³-hybridized carbons (Fsp3) is 0.700. The molecule has 1 aromatic heterocycles. The number of nitrogens with one attached hydrogen (secondary N) is 2. The molecule has 0 fully saturated rings. The minimum Gasteiger partial charge on any atom is -0.313 e. The van der Waals surface area contributed by atoms with E-state index in [1.807, 2.05) is 0 Å². The third-order valence-electron chi connectivity index (χ3n) is 2.53. The first-order valence-electron chi connectivity index (χ1n) is 5.73. The molecule has 0 atom stereocenters. The minimum atomic E-state index is -3.44. The second-order valence-electron chi connectivity index (χ2n) is 3.82. The van der Waals surface area contributed by atoms with Gasteiger partial charge in [-0.2, -0.15) is 9.40 Å². The summed E-state index contributed by atoms with van der Waals surface area (Å²) in [6.07, 6.45) is 2.56. The van der Waals surface area contributed by atoms with E-state index in [1.54, 1.807) is 20.2 Å². The van der Waals surface area contributed by atoms with Crippen molar-refractivity contribution in [1.82, 2.24) is 19.8 Å². The van der Waals surface area contributed by atoms with Gasteiger partial charge in [0, 0.05) is 25.7 Å². The van der Waals surface area contributed by atoms with E-state index in [1.165, 1.54) is 4.31 Å². The Morgan fingerprint density at radius 1 is 1.47 bits per heavy atom. The van der Waals surface area contributed by atoms with Gasteiger partial charge in [0.1, 0.15) is 0 Å². The van der Waals surface area contributed by atoms with Crippen LogP contribution in [0.2, 0.25) is 0 Å². The molecule has 1 heterocycles. The van der Waals surface area contributed by atoms with Gasteiger partial charge in [-0.15, -0.1) is 0 Å². The van der Waals surface area contributed by atoms with Gasteiger partial charge in [0.05, 0.1) is 6.20 Å². The number of hydrogen-bond acceptors (Lipinski definition) is 4. The van der Waals surface area contributed by atoms with Crippen molar-refractivity contribution < 1.29 is 8.42 Å². The Bertz CT molecular complexity index is 441. The normalized spacial score (nSPS) is 12.2. The van der Waals surface area contributed by atoms with Gasteiger partial charge in [0.2, 0.25) is 0 Å². The number of hydrogen-bond donors (Lipinski definition) is 2. The van der Waals surface area contributed by atoms with E-state index in [2.05, 4.69) is 22.4 Å². The van der Waals surface area contributed by atoms with Gasteiger partial charge in [-0.05, 0) is 13.0 Å². The van der Waals surface area contributed by atoms with Crippen LogP contribution < -0.4 is 5.32 Å². The number of aromatic nitrogens is 2. The van der Waals surface area contributed by atoms with Gasteiger partial charge in [-0.3, -0.25) is 5.10 Å². The minimum absolute atomic E-state index is 0.186. The fourth-order valence-corrected chi connectivity index (χ4v) is 2.65. The molecule has 0 spiro atoms. The highest BCUT2D eigenvalue weighted by Crippen LogP contribution is 2.15. The highest BCUT2D eigenvalue weighted by Gasteiger charge is 2.24. The van der Waals surface area contributed by atoms with E-state index in [4.69, 9.17) is 0 Å². The average Bonchev–Trinajstić information content (AvgIpc) is 2.77. The lowest BCUT2D eigenvalue weighted by Gasteiger charge is -2.14. The van der Waals surface area contributed by atoms with Crippen molar-refractivity contribution in [2.75, 3.05) is 20.1 Å². The monoisotopic (exact) mass is 260 g/mol. The van der Waals surface area contributed by atoms with Crippen LogP contribution in [0.25, 0.3) is 0 Å². The average molecular weight is 260 g/mol. The Morgan fingerprint density at radius 2 is 2.18 bits per heavy atom. The topological polar surface area (TPSA) is 78.1 Å². The first-order chi connectivity index (χ1) is 8.04. The van der Waals surface area contributed by atoms with Gasteiger partial charge in [0.15, 0.2) is 5.03 Å². The Labute approximate surface area is 102 Å². The molecule has 0 aromatic carbocycles. The SMILES string of the molecule is CCCNCc1cn[nH]c1S(=O)(=O)N(C)CC. The smallest absolute Gasteiger partial charge is 0.260 e. The van der Waals surface area contributed by atoms with Crippen molar-refractivity contribution in [1.29, 1.82) is 0 Å². The summed E-state index contributed by atoms with van der Waals surface area (Å²) in [4.78, 5) is 0. The fourth-order valence-electron chi connectivity index (χ4n) is 1.37. The zero-order chi connectivity index (χ0) is 12.9. The molecule has 7 heteroatoms. The number of rotatable bonds is 7. The van der Waals surface area contributed by atoms with Crippen molar-refractivity contribution in [3.63, 3.8) is 0 Å². The predicted octanol–water partition coefficient (Wildman–Crippen LogP) is 0.550. The molecule has 0 saturated heterocycles. The largest absolute Gasteiger partial charge is 0.313 e. The molecule has 0 amide bonds. The molecule has 0 radical (unpaired) electrons. The molecule has 0 aliphatic heterocycles. The lowest BCUT2D eigenvalue weighted by Crippen LogP contribution is -2.28. The van der Waals surface area contributed by atoms with Crippen LogP contribution in [0.15, 0.2) is 11.2 Å². The van der Waals surface area contributed by atoms with E-state index in [0.29, 0.717) is 18.7 Å². The summed E-state index contributed by atoms with van der Waals surface area (Å²) < 4.78 is 25.5. The van der Waals surface area contributed by atoms with Crippen LogP contribution in [0.4, 0.5) is 0 Å². The van der Waals surface area contributed by atoms with Gasteiger partial charge in [-0.25, -0.2) is 8.42 Å². The quantitative estimate of drug-likeness (QED) is 0.702. The maximum absolute atomic E-state index is 12.1. The Balaban J connectivity index is 2.88. The summed E-state index contributed by atoms with van der Waals surface area (Å²) in [7, 11) is -1.88. The van der Waals surface area contributed by atoms with Crippen LogP contribution in [0.3, 0.4) is 0 Å². The molecule has 6 nitrogen and oxygen atoms in total. The number of H-pyrrole nitrogens is 1. The zero-order valence-electron chi connectivity index (χ0n) is 10.5. The third-order valence-corrected chi connectivity index (χ3v) is 4.48. The summed E-state index contributed by atoms with van der Waals surface area (Å²) in [5, 5.41) is 9.73. The van der Waals surface area contributed by atoms with E-state index in [9.17, 15) is 8.42 Å². The van der Waals surface area contributed by atoms with Crippen molar-refractivity contribution >= 4 is 10.0 Å². The molecule has 0 bridgehead atoms. The summed E-state index contributed by atoms with van der Waals surface area (Å²) in [6, 6.07) is 0. The van der Waals surface area contributed by atoms with Crippen LogP contribution in [-0.2, 0) is 16.6 Å². The molecule has 0 saturated carbocycles.